The number of rotatable bonds is 5. The number of aromatic amines is 1. The molecule has 8 heteroatoms. The second-order valence-electron chi connectivity index (χ2n) is 6.67. The number of fused-ring (bicyclic) bond motifs is 2. The van der Waals surface area contributed by atoms with Gasteiger partial charge in [-0.05, 0) is 42.3 Å². The second kappa shape index (κ2) is 7.62. The number of imidazole rings is 1. The molecule has 0 spiro atoms. The van der Waals surface area contributed by atoms with Crippen LogP contribution in [-0.2, 0) is 19.5 Å². The third-order valence-corrected chi connectivity index (χ3v) is 6.12. The molecule has 28 heavy (non-hydrogen) atoms. The first kappa shape index (κ1) is 17.8. The molecule has 0 amide bonds. The van der Waals surface area contributed by atoms with Gasteiger partial charge in [0.05, 0.1) is 23.3 Å². The van der Waals surface area contributed by atoms with E-state index in [0.29, 0.717) is 0 Å². The van der Waals surface area contributed by atoms with Gasteiger partial charge in [-0.15, -0.1) is 0 Å². The third kappa shape index (κ3) is 3.67. The summed E-state index contributed by atoms with van der Waals surface area (Å²) in [6.45, 7) is 2.62. The van der Waals surface area contributed by atoms with Crippen molar-refractivity contribution in [2.24, 2.45) is 0 Å². The number of hydrogen-bond acceptors (Lipinski definition) is 7. The van der Waals surface area contributed by atoms with Crippen LogP contribution in [0.1, 0.15) is 17.0 Å². The molecule has 0 unspecified atom stereocenters. The van der Waals surface area contributed by atoms with Crippen LogP contribution in [-0.4, -0.2) is 37.6 Å². The van der Waals surface area contributed by atoms with Crippen molar-refractivity contribution in [2.75, 3.05) is 12.8 Å². The first-order chi connectivity index (χ1) is 13.8. The van der Waals surface area contributed by atoms with E-state index in [0.717, 1.165) is 58.3 Å². The molecular weight excluding hydrogens is 390 g/mol. The third-order valence-electron chi connectivity index (χ3n) is 4.75. The smallest absolute Gasteiger partial charge is 0.187 e. The molecule has 3 aromatic heterocycles. The Balaban J connectivity index is 1.25. The molecule has 1 aromatic carbocycles. The molecule has 4 aromatic rings. The van der Waals surface area contributed by atoms with Crippen molar-refractivity contribution >= 4 is 34.6 Å². The molecule has 5 rings (SSSR count). The minimum absolute atomic E-state index is 0.782. The molecule has 0 fully saturated rings. The number of H-pyrrole nitrogens is 1. The highest BCUT2D eigenvalue weighted by Crippen LogP contribution is 2.29. The minimum Gasteiger partial charge on any atom is -0.453 e. The quantitative estimate of drug-likeness (QED) is 0.387. The summed E-state index contributed by atoms with van der Waals surface area (Å²) < 4.78 is 6.04. The van der Waals surface area contributed by atoms with Crippen molar-refractivity contribution in [3.63, 3.8) is 0 Å². The maximum absolute atomic E-state index is 6.04. The maximum Gasteiger partial charge on any atom is 0.187 e. The lowest BCUT2D eigenvalue weighted by atomic mass is 10.1. The highest BCUT2D eigenvalue weighted by Gasteiger charge is 2.19. The van der Waals surface area contributed by atoms with E-state index in [9.17, 15) is 0 Å². The molecular formula is C20H19N5OS2. The van der Waals surface area contributed by atoms with Gasteiger partial charge in [0, 0.05) is 31.3 Å². The van der Waals surface area contributed by atoms with Gasteiger partial charge in [-0.1, -0.05) is 23.9 Å². The first-order valence-electron chi connectivity index (χ1n) is 9.09. The number of thioether (sulfide) groups is 1. The number of hydrogen-bond donors (Lipinski definition) is 1. The van der Waals surface area contributed by atoms with Gasteiger partial charge in [-0.2, -0.15) is 0 Å². The molecule has 6 nitrogen and oxygen atoms in total. The van der Waals surface area contributed by atoms with E-state index in [4.69, 9.17) is 4.42 Å². The lowest BCUT2D eigenvalue weighted by Crippen LogP contribution is -2.30. The summed E-state index contributed by atoms with van der Waals surface area (Å²) >= 11 is 3.10. The van der Waals surface area contributed by atoms with Crippen molar-refractivity contribution in [2.45, 2.75) is 34.9 Å². The Morgan fingerprint density at radius 1 is 1.18 bits per heavy atom. The fraction of sp³-hybridized carbons (Fsp3) is 0.250. The van der Waals surface area contributed by atoms with Crippen molar-refractivity contribution in [1.82, 2.24) is 24.8 Å². The molecule has 1 aliphatic rings. The normalized spacial score (nSPS) is 14.5. The SMILES string of the molecule is CSc1ncc2c(n1)CCN(Cc1ccc(Sc3nc4ccccc4[nH]3)o1)C2. The summed E-state index contributed by atoms with van der Waals surface area (Å²) in [6, 6.07) is 12.1. The first-order valence-corrected chi connectivity index (χ1v) is 11.1. The van der Waals surface area contributed by atoms with Crippen LogP contribution >= 0.6 is 23.5 Å². The van der Waals surface area contributed by atoms with Gasteiger partial charge in [-0.25, -0.2) is 15.0 Å². The van der Waals surface area contributed by atoms with Gasteiger partial charge in [0.25, 0.3) is 0 Å². The van der Waals surface area contributed by atoms with Gasteiger partial charge < -0.3 is 9.40 Å². The van der Waals surface area contributed by atoms with Crippen LogP contribution in [0.25, 0.3) is 11.0 Å². The summed E-state index contributed by atoms with van der Waals surface area (Å²) in [5.74, 6) is 0.962. The van der Waals surface area contributed by atoms with Crippen molar-refractivity contribution < 1.29 is 4.42 Å². The Kier molecular flexibility index (Phi) is 4.84. The standard InChI is InChI=1S/C20H19N5OS2/c1-27-19-21-10-13-11-25(9-8-15(13)22-19)12-14-6-7-18(26-14)28-20-23-16-4-2-3-5-17(16)24-20/h2-7,10H,8-9,11-12H2,1H3,(H,23,24). The van der Waals surface area contributed by atoms with E-state index in [1.807, 2.05) is 48.9 Å². The van der Waals surface area contributed by atoms with Crippen molar-refractivity contribution in [1.29, 1.82) is 0 Å². The zero-order valence-corrected chi connectivity index (χ0v) is 17.0. The Hall–Kier alpha value is -2.29. The monoisotopic (exact) mass is 409 g/mol. The molecule has 4 heterocycles. The van der Waals surface area contributed by atoms with Crippen LogP contribution < -0.4 is 0 Å². The molecule has 0 bridgehead atoms. The zero-order chi connectivity index (χ0) is 18.9. The number of benzene rings is 1. The van der Waals surface area contributed by atoms with Gasteiger partial charge in [0.1, 0.15) is 5.76 Å². The number of para-hydroxylation sites is 2. The lowest BCUT2D eigenvalue weighted by molar-refractivity contribution is 0.217. The Morgan fingerprint density at radius 2 is 2.11 bits per heavy atom. The lowest BCUT2D eigenvalue weighted by Gasteiger charge is -2.27. The summed E-state index contributed by atoms with van der Waals surface area (Å²) in [5.41, 5.74) is 4.40. The molecule has 0 atom stereocenters. The number of nitrogens with zero attached hydrogens (tertiary/aromatic N) is 4. The van der Waals surface area contributed by atoms with Crippen LogP contribution in [0.5, 0.6) is 0 Å². The van der Waals surface area contributed by atoms with E-state index < -0.39 is 0 Å². The summed E-state index contributed by atoms with van der Waals surface area (Å²) in [6.07, 6.45) is 4.92. The molecule has 1 N–H and O–H groups in total. The predicted molar refractivity (Wildman–Crippen MR) is 111 cm³/mol. The average Bonchev–Trinajstić information content (AvgIpc) is 3.33. The molecule has 1 aliphatic heterocycles. The second-order valence-corrected chi connectivity index (χ2v) is 8.44. The summed E-state index contributed by atoms with van der Waals surface area (Å²) in [5, 5.41) is 2.54. The molecule has 0 saturated carbocycles. The van der Waals surface area contributed by atoms with E-state index in [2.05, 4.69) is 24.8 Å². The van der Waals surface area contributed by atoms with E-state index in [-0.39, 0.29) is 0 Å². The number of nitrogens with one attached hydrogen (secondary N) is 1. The highest BCUT2D eigenvalue weighted by atomic mass is 32.2. The molecule has 0 radical (unpaired) electrons. The van der Waals surface area contributed by atoms with Crippen LogP contribution in [0.2, 0.25) is 0 Å². The van der Waals surface area contributed by atoms with E-state index in [1.54, 1.807) is 11.8 Å². The van der Waals surface area contributed by atoms with Crippen LogP contribution in [0, 0.1) is 0 Å². The van der Waals surface area contributed by atoms with E-state index >= 15 is 0 Å². The summed E-state index contributed by atoms with van der Waals surface area (Å²) in [4.78, 5) is 19.3. The van der Waals surface area contributed by atoms with Gasteiger partial charge in [-0.3, -0.25) is 4.90 Å². The Bertz CT molecular complexity index is 1090. The molecule has 0 saturated heterocycles. The van der Waals surface area contributed by atoms with Crippen molar-refractivity contribution in [3.05, 3.63) is 59.6 Å². The molecule has 0 aliphatic carbocycles. The van der Waals surface area contributed by atoms with Gasteiger partial charge >= 0.3 is 0 Å². The zero-order valence-electron chi connectivity index (χ0n) is 15.4. The van der Waals surface area contributed by atoms with Crippen LogP contribution in [0.3, 0.4) is 0 Å². The Morgan fingerprint density at radius 3 is 3.00 bits per heavy atom. The van der Waals surface area contributed by atoms with Gasteiger partial charge in [0.15, 0.2) is 15.4 Å². The predicted octanol–water partition coefficient (Wildman–Crippen LogP) is 4.38. The maximum atomic E-state index is 6.04. The summed E-state index contributed by atoms with van der Waals surface area (Å²) in [7, 11) is 0. The minimum atomic E-state index is 0.782. The highest BCUT2D eigenvalue weighted by molar-refractivity contribution is 7.99. The van der Waals surface area contributed by atoms with Gasteiger partial charge in [0.2, 0.25) is 0 Å². The largest absolute Gasteiger partial charge is 0.453 e. The average molecular weight is 410 g/mol. The van der Waals surface area contributed by atoms with Crippen LogP contribution in [0.4, 0.5) is 0 Å². The van der Waals surface area contributed by atoms with Crippen molar-refractivity contribution in [3.8, 4) is 0 Å². The number of furan rings is 1. The number of aromatic nitrogens is 4. The molecule has 142 valence electrons. The topological polar surface area (TPSA) is 70.8 Å². The fourth-order valence-electron chi connectivity index (χ4n) is 3.38. The van der Waals surface area contributed by atoms with E-state index in [1.165, 1.54) is 23.0 Å². The van der Waals surface area contributed by atoms with Crippen LogP contribution in [0.15, 0.2) is 62.4 Å². The Labute approximate surface area is 171 Å². The fourth-order valence-corrected chi connectivity index (χ4v) is 4.52.